The number of carboxylic acids is 1. The second kappa shape index (κ2) is 6.27. The van der Waals surface area contributed by atoms with Crippen LogP contribution in [0.15, 0.2) is 0 Å². The molecule has 0 fully saturated rings. The van der Waals surface area contributed by atoms with Gasteiger partial charge in [-0.05, 0) is 0 Å². The molecule has 0 rings (SSSR count). The second-order valence-electron chi connectivity index (χ2n) is 2.71. The fraction of sp³-hybridized carbons (Fsp3) is 0.625. The Balaban J connectivity index is 4.24. The van der Waals surface area contributed by atoms with Crippen LogP contribution in [-0.4, -0.2) is 28.9 Å². The lowest BCUT2D eigenvalue weighted by atomic mass is 10.2. The number of carboxylic acid groups (broad SMARTS) is 1. The van der Waals surface area contributed by atoms with E-state index in [0.717, 1.165) is 0 Å². The predicted octanol–water partition coefficient (Wildman–Crippen LogP) is 0.462. The number of rotatable bonds is 5. The van der Waals surface area contributed by atoms with Crippen LogP contribution in [0.4, 0.5) is 0 Å². The molecule has 0 saturated heterocycles. The van der Waals surface area contributed by atoms with E-state index in [1.165, 1.54) is 0 Å². The second-order valence-corrected chi connectivity index (χ2v) is 3.07. The van der Waals surface area contributed by atoms with Gasteiger partial charge in [0.25, 0.3) is 0 Å². The summed E-state index contributed by atoms with van der Waals surface area (Å²) in [6.45, 7) is 1.57. The highest BCUT2D eigenvalue weighted by Gasteiger charge is 2.24. The first kappa shape index (κ1) is 12.8. The van der Waals surface area contributed by atoms with Gasteiger partial charge in [-0.25, -0.2) is 4.79 Å². The fourth-order valence-corrected chi connectivity index (χ4v) is 0.742. The van der Waals surface area contributed by atoms with Gasteiger partial charge < -0.3 is 9.84 Å². The van der Waals surface area contributed by atoms with Crippen LogP contribution in [0.1, 0.15) is 13.3 Å². The third-order valence-electron chi connectivity index (χ3n) is 1.49. The number of carbonyl (C=O) groups is 2. The zero-order chi connectivity index (χ0) is 11.1. The van der Waals surface area contributed by atoms with Crippen molar-refractivity contribution < 1.29 is 19.4 Å². The molecule has 0 radical (unpaired) electrons. The topological polar surface area (TPSA) is 87.4 Å². The smallest absolute Gasteiger partial charge is 0.346 e. The van der Waals surface area contributed by atoms with Crippen molar-refractivity contribution in [3.63, 3.8) is 0 Å². The maximum atomic E-state index is 11.1. The Morgan fingerprint density at radius 3 is 2.57 bits per heavy atom. The van der Waals surface area contributed by atoms with E-state index >= 15 is 0 Å². The zero-order valence-corrected chi connectivity index (χ0v) is 8.53. The van der Waals surface area contributed by atoms with Crippen LogP contribution in [0.3, 0.4) is 0 Å². The third-order valence-corrected chi connectivity index (χ3v) is 2.03. The third kappa shape index (κ3) is 4.14. The first-order valence-corrected chi connectivity index (χ1v) is 4.57. The van der Waals surface area contributed by atoms with Gasteiger partial charge in [0.2, 0.25) is 6.10 Å². The Kier molecular flexibility index (Phi) is 5.72. The summed E-state index contributed by atoms with van der Waals surface area (Å²) in [7, 11) is 0. The molecular weight excluding hydrogens is 206 g/mol. The van der Waals surface area contributed by atoms with E-state index in [1.54, 1.807) is 13.0 Å². The van der Waals surface area contributed by atoms with Gasteiger partial charge in [0.1, 0.15) is 0 Å². The Morgan fingerprint density at radius 1 is 1.64 bits per heavy atom. The molecule has 1 N–H and O–H groups in total. The van der Waals surface area contributed by atoms with Gasteiger partial charge in [-0.2, -0.15) is 17.9 Å². The number of nitriles is 1. The van der Waals surface area contributed by atoms with E-state index in [2.05, 4.69) is 17.4 Å². The Labute approximate surface area is 87.1 Å². The largest absolute Gasteiger partial charge is 0.478 e. The van der Waals surface area contributed by atoms with Crippen molar-refractivity contribution in [2.75, 3.05) is 5.75 Å². The Hall–Kier alpha value is -1.22. The maximum Gasteiger partial charge on any atom is 0.346 e. The van der Waals surface area contributed by atoms with Crippen molar-refractivity contribution >= 4 is 24.6 Å². The van der Waals surface area contributed by atoms with Crippen LogP contribution in [0, 0.1) is 17.2 Å². The van der Waals surface area contributed by atoms with Gasteiger partial charge in [0.15, 0.2) is 0 Å². The predicted molar refractivity (Wildman–Crippen MR) is 50.8 cm³/mol. The standard InChI is InChI=1S/C8H11NO4S/c1-5(4-14)8(12)13-6(2-3-9)7(10)11/h5-6,14H,2,4H2,1H3,(H,10,11)/t5-,6+/m1/s1. The summed E-state index contributed by atoms with van der Waals surface area (Å²) in [5.41, 5.74) is 0. The quantitative estimate of drug-likeness (QED) is 0.516. The molecule has 2 atom stereocenters. The first-order valence-electron chi connectivity index (χ1n) is 3.94. The number of esters is 1. The van der Waals surface area contributed by atoms with E-state index in [-0.39, 0.29) is 12.2 Å². The zero-order valence-electron chi connectivity index (χ0n) is 7.64. The highest BCUT2D eigenvalue weighted by Crippen LogP contribution is 2.06. The van der Waals surface area contributed by atoms with E-state index in [1.807, 2.05) is 0 Å². The number of carbonyl (C=O) groups excluding carboxylic acids is 1. The van der Waals surface area contributed by atoms with Crippen molar-refractivity contribution in [3.05, 3.63) is 0 Å². The molecule has 0 aromatic carbocycles. The van der Waals surface area contributed by atoms with Gasteiger partial charge in [0.05, 0.1) is 18.4 Å². The number of thiol groups is 1. The van der Waals surface area contributed by atoms with Gasteiger partial charge in [-0.3, -0.25) is 4.79 Å². The minimum Gasteiger partial charge on any atom is -0.478 e. The average Bonchev–Trinajstić information content (AvgIpc) is 2.15. The van der Waals surface area contributed by atoms with Gasteiger partial charge in [0, 0.05) is 5.75 Å². The minimum atomic E-state index is -1.38. The van der Waals surface area contributed by atoms with Gasteiger partial charge in [-0.1, -0.05) is 6.92 Å². The van der Waals surface area contributed by atoms with Crippen molar-refractivity contribution in [2.24, 2.45) is 5.92 Å². The molecule has 5 nitrogen and oxygen atoms in total. The molecule has 0 heterocycles. The van der Waals surface area contributed by atoms with E-state index in [4.69, 9.17) is 10.4 Å². The Morgan fingerprint density at radius 2 is 2.21 bits per heavy atom. The first-order chi connectivity index (χ1) is 6.52. The summed E-state index contributed by atoms with van der Waals surface area (Å²) in [6.07, 6.45) is -1.73. The molecular formula is C8H11NO4S. The van der Waals surface area contributed by atoms with Crippen LogP contribution in [-0.2, 0) is 14.3 Å². The summed E-state index contributed by atoms with van der Waals surface area (Å²) in [5, 5.41) is 16.8. The number of hydrogen-bond donors (Lipinski definition) is 2. The monoisotopic (exact) mass is 217 g/mol. The molecule has 6 heteroatoms. The highest BCUT2D eigenvalue weighted by molar-refractivity contribution is 7.80. The molecule has 0 spiro atoms. The van der Waals surface area contributed by atoms with Crippen molar-refractivity contribution in [2.45, 2.75) is 19.4 Å². The molecule has 0 bridgehead atoms. The van der Waals surface area contributed by atoms with Crippen LogP contribution >= 0.6 is 12.6 Å². The van der Waals surface area contributed by atoms with E-state index in [0.29, 0.717) is 0 Å². The summed E-state index contributed by atoms with van der Waals surface area (Å²) < 4.78 is 4.60. The molecule has 0 aliphatic carbocycles. The summed E-state index contributed by atoms with van der Waals surface area (Å²) >= 11 is 3.87. The van der Waals surface area contributed by atoms with Crippen LogP contribution in [0.25, 0.3) is 0 Å². The van der Waals surface area contributed by atoms with Crippen molar-refractivity contribution in [3.8, 4) is 6.07 Å². The Bertz CT molecular complexity index is 261. The molecule has 0 aliphatic rings. The van der Waals surface area contributed by atoms with Crippen LogP contribution < -0.4 is 0 Å². The lowest BCUT2D eigenvalue weighted by Gasteiger charge is -2.13. The molecule has 78 valence electrons. The number of hydrogen-bond acceptors (Lipinski definition) is 5. The lowest BCUT2D eigenvalue weighted by Crippen LogP contribution is -2.29. The number of aliphatic carboxylic acids is 1. The molecule has 0 saturated carbocycles. The molecule has 0 unspecified atom stereocenters. The molecule has 0 amide bonds. The van der Waals surface area contributed by atoms with Gasteiger partial charge >= 0.3 is 11.9 Å². The number of nitrogens with zero attached hydrogens (tertiary/aromatic N) is 1. The normalized spacial score (nSPS) is 13.8. The minimum absolute atomic E-state index is 0.276. The van der Waals surface area contributed by atoms with Crippen molar-refractivity contribution in [1.29, 1.82) is 5.26 Å². The SMILES string of the molecule is C[C@H](CS)C(=O)O[C@@H](CC#N)C(=O)O. The molecule has 14 heavy (non-hydrogen) atoms. The molecule has 0 aromatic rings. The number of ether oxygens (including phenoxy) is 1. The molecule has 0 aliphatic heterocycles. The van der Waals surface area contributed by atoms with Gasteiger partial charge in [-0.15, -0.1) is 0 Å². The molecule has 0 aromatic heterocycles. The average molecular weight is 217 g/mol. The van der Waals surface area contributed by atoms with E-state index in [9.17, 15) is 9.59 Å². The highest BCUT2D eigenvalue weighted by atomic mass is 32.1. The lowest BCUT2D eigenvalue weighted by molar-refractivity contribution is -0.165. The maximum absolute atomic E-state index is 11.1. The van der Waals surface area contributed by atoms with Crippen LogP contribution in [0.2, 0.25) is 0 Å². The summed E-state index contributed by atoms with van der Waals surface area (Å²) in [5.74, 6) is -2.16. The fourth-order valence-electron chi connectivity index (χ4n) is 0.593. The van der Waals surface area contributed by atoms with Crippen molar-refractivity contribution in [1.82, 2.24) is 0 Å². The summed E-state index contributed by atoms with van der Waals surface area (Å²) in [6, 6.07) is 1.63. The van der Waals surface area contributed by atoms with Crippen LogP contribution in [0.5, 0.6) is 0 Å². The summed E-state index contributed by atoms with van der Waals surface area (Å²) in [4.78, 5) is 21.6. The van der Waals surface area contributed by atoms with E-state index < -0.39 is 24.0 Å².